The summed E-state index contributed by atoms with van der Waals surface area (Å²) in [4.78, 5) is 0. The topological polar surface area (TPSA) is 61.4 Å². The first-order chi connectivity index (χ1) is 12.3. The van der Waals surface area contributed by atoms with Gasteiger partial charge in [-0.3, -0.25) is 4.72 Å². The molecule has 0 aliphatic carbocycles. The van der Waals surface area contributed by atoms with Gasteiger partial charge in [-0.2, -0.15) is 12.7 Å². The maximum atomic E-state index is 14.3. The maximum absolute atomic E-state index is 14.3. The van der Waals surface area contributed by atoms with E-state index in [2.05, 4.69) is 10.0 Å². The summed E-state index contributed by atoms with van der Waals surface area (Å²) in [6.45, 7) is 0.709. The molecule has 2 aromatic carbocycles. The standard InChI is InChI=1S/C16H15F3IN3O2S/c17-11-4-6-14(22-26(24,25)23-7-1-2-8-23)16(15(11)19)21-13-5-3-10(20)9-12(13)18/h3-6,9,21-22H,1-2,7-8H2. The molecule has 26 heavy (non-hydrogen) atoms. The largest absolute Gasteiger partial charge is 0.349 e. The Kier molecular flexibility index (Phi) is 5.63. The summed E-state index contributed by atoms with van der Waals surface area (Å²) in [5.41, 5.74) is -0.779. The molecule has 1 aliphatic heterocycles. The Hall–Kier alpha value is -1.53. The van der Waals surface area contributed by atoms with Crippen molar-refractivity contribution in [1.82, 2.24) is 4.31 Å². The number of rotatable bonds is 5. The van der Waals surface area contributed by atoms with Crippen LogP contribution in [0.1, 0.15) is 12.8 Å². The van der Waals surface area contributed by atoms with Crippen LogP contribution >= 0.6 is 22.6 Å². The Bertz CT molecular complexity index is 935. The molecular formula is C16H15F3IN3O2S. The van der Waals surface area contributed by atoms with Gasteiger partial charge in [0.1, 0.15) is 11.5 Å². The lowest BCUT2D eigenvalue weighted by atomic mass is 10.2. The van der Waals surface area contributed by atoms with Crippen molar-refractivity contribution in [3.63, 3.8) is 0 Å². The molecule has 10 heteroatoms. The first-order valence-corrected chi connectivity index (χ1v) is 10.3. The molecule has 0 spiro atoms. The lowest BCUT2D eigenvalue weighted by Crippen LogP contribution is -2.33. The Morgan fingerprint density at radius 3 is 2.27 bits per heavy atom. The fourth-order valence-corrected chi connectivity index (χ4v) is 4.38. The van der Waals surface area contributed by atoms with E-state index in [4.69, 9.17) is 0 Å². The fourth-order valence-electron chi connectivity index (χ4n) is 2.62. The van der Waals surface area contributed by atoms with Crippen LogP contribution in [0.2, 0.25) is 0 Å². The van der Waals surface area contributed by atoms with Gasteiger partial charge in [-0.05, 0) is 65.8 Å². The highest BCUT2D eigenvalue weighted by Gasteiger charge is 2.27. The third-order valence-electron chi connectivity index (χ3n) is 3.93. The van der Waals surface area contributed by atoms with Crippen LogP contribution < -0.4 is 10.0 Å². The molecule has 0 bridgehead atoms. The van der Waals surface area contributed by atoms with Crippen LogP contribution in [0.3, 0.4) is 0 Å². The highest BCUT2D eigenvalue weighted by molar-refractivity contribution is 14.1. The summed E-state index contributed by atoms with van der Waals surface area (Å²) >= 11 is 1.91. The molecule has 0 radical (unpaired) electrons. The summed E-state index contributed by atoms with van der Waals surface area (Å²) in [5, 5.41) is 2.45. The van der Waals surface area contributed by atoms with Gasteiger partial charge < -0.3 is 5.32 Å². The van der Waals surface area contributed by atoms with Crippen molar-refractivity contribution in [1.29, 1.82) is 0 Å². The molecule has 0 unspecified atom stereocenters. The minimum absolute atomic E-state index is 0.100. The molecule has 2 aromatic rings. The van der Waals surface area contributed by atoms with E-state index in [0.717, 1.165) is 25.0 Å². The van der Waals surface area contributed by atoms with Crippen LogP contribution in [0, 0.1) is 21.0 Å². The molecule has 1 heterocycles. The van der Waals surface area contributed by atoms with E-state index in [0.29, 0.717) is 16.7 Å². The lowest BCUT2D eigenvalue weighted by molar-refractivity contribution is 0.482. The highest BCUT2D eigenvalue weighted by atomic mass is 127. The number of hydrogen-bond acceptors (Lipinski definition) is 3. The second kappa shape index (κ2) is 7.61. The Morgan fingerprint density at radius 1 is 0.962 bits per heavy atom. The average Bonchev–Trinajstić information content (AvgIpc) is 3.11. The first kappa shape index (κ1) is 19.2. The van der Waals surface area contributed by atoms with Gasteiger partial charge in [0.25, 0.3) is 0 Å². The van der Waals surface area contributed by atoms with Gasteiger partial charge in [-0.1, -0.05) is 0 Å². The summed E-state index contributed by atoms with van der Waals surface area (Å²) in [6, 6.07) is 6.07. The monoisotopic (exact) mass is 497 g/mol. The third kappa shape index (κ3) is 4.07. The van der Waals surface area contributed by atoms with Crippen molar-refractivity contribution in [2.45, 2.75) is 12.8 Å². The van der Waals surface area contributed by atoms with Gasteiger partial charge in [-0.25, -0.2) is 13.2 Å². The number of nitrogens with one attached hydrogen (secondary N) is 2. The van der Waals surface area contributed by atoms with Gasteiger partial charge in [0, 0.05) is 16.7 Å². The van der Waals surface area contributed by atoms with Crippen LogP contribution in [0.4, 0.5) is 30.2 Å². The van der Waals surface area contributed by atoms with Crippen molar-refractivity contribution < 1.29 is 21.6 Å². The molecule has 140 valence electrons. The van der Waals surface area contributed by atoms with E-state index >= 15 is 0 Å². The maximum Gasteiger partial charge on any atom is 0.301 e. The number of halogens is 4. The molecule has 0 aromatic heterocycles. The van der Waals surface area contributed by atoms with Crippen molar-refractivity contribution >= 4 is 49.9 Å². The molecule has 1 aliphatic rings. The summed E-state index contributed by atoms with van der Waals surface area (Å²) < 4.78 is 70.9. The van der Waals surface area contributed by atoms with Gasteiger partial charge in [0.2, 0.25) is 0 Å². The fraction of sp³-hybridized carbons (Fsp3) is 0.250. The van der Waals surface area contributed by atoms with E-state index in [1.807, 2.05) is 22.6 Å². The highest BCUT2D eigenvalue weighted by Crippen LogP contribution is 2.33. The van der Waals surface area contributed by atoms with Crippen molar-refractivity contribution in [3.8, 4) is 0 Å². The first-order valence-electron chi connectivity index (χ1n) is 7.76. The lowest BCUT2D eigenvalue weighted by Gasteiger charge is -2.20. The molecule has 1 fully saturated rings. The minimum atomic E-state index is -3.92. The molecule has 3 rings (SSSR count). The van der Waals surface area contributed by atoms with Gasteiger partial charge in [0.15, 0.2) is 11.6 Å². The molecule has 0 amide bonds. The van der Waals surface area contributed by atoms with Crippen LogP contribution in [-0.2, 0) is 10.2 Å². The van der Waals surface area contributed by atoms with Crippen LogP contribution in [0.25, 0.3) is 0 Å². The van der Waals surface area contributed by atoms with Gasteiger partial charge in [0.05, 0.1) is 11.4 Å². The number of anilines is 3. The van der Waals surface area contributed by atoms with Gasteiger partial charge >= 0.3 is 10.2 Å². The second-order valence-corrected chi connectivity index (χ2v) is 8.66. The van der Waals surface area contributed by atoms with Crippen LogP contribution in [0.5, 0.6) is 0 Å². The zero-order chi connectivity index (χ0) is 18.9. The third-order valence-corrected chi connectivity index (χ3v) is 6.12. The molecule has 2 N–H and O–H groups in total. The predicted molar refractivity (Wildman–Crippen MR) is 102 cm³/mol. The molecule has 0 saturated carbocycles. The van der Waals surface area contributed by atoms with Crippen molar-refractivity contribution in [2.24, 2.45) is 0 Å². The summed E-state index contributed by atoms with van der Waals surface area (Å²) in [5.74, 6) is -3.15. The SMILES string of the molecule is O=S(=O)(Nc1ccc(F)c(F)c1Nc1ccc(I)cc1F)N1CCCC1. The summed E-state index contributed by atoms with van der Waals surface area (Å²) in [6.07, 6.45) is 1.47. The quantitative estimate of drug-likeness (QED) is 0.609. The van der Waals surface area contributed by atoms with Gasteiger partial charge in [-0.15, -0.1) is 0 Å². The predicted octanol–water partition coefficient (Wildman–Crippen LogP) is 4.20. The Balaban J connectivity index is 1.97. The Morgan fingerprint density at radius 2 is 1.62 bits per heavy atom. The zero-order valence-electron chi connectivity index (χ0n) is 13.4. The number of nitrogens with zero attached hydrogens (tertiary/aromatic N) is 1. The second-order valence-electron chi connectivity index (χ2n) is 5.75. The number of benzene rings is 2. The summed E-state index contributed by atoms with van der Waals surface area (Å²) in [7, 11) is -3.92. The van der Waals surface area contributed by atoms with E-state index in [1.165, 1.54) is 16.4 Å². The normalized spacial score (nSPS) is 15.2. The molecular weight excluding hydrogens is 482 g/mol. The van der Waals surface area contributed by atoms with E-state index in [9.17, 15) is 21.6 Å². The molecule has 5 nitrogen and oxygen atoms in total. The Labute approximate surface area is 162 Å². The molecule has 0 atom stereocenters. The van der Waals surface area contributed by atoms with Crippen molar-refractivity contribution in [2.75, 3.05) is 23.1 Å². The van der Waals surface area contributed by atoms with E-state index in [-0.39, 0.29) is 11.4 Å². The van der Waals surface area contributed by atoms with Crippen molar-refractivity contribution in [3.05, 3.63) is 51.4 Å². The molecule has 1 saturated heterocycles. The van der Waals surface area contributed by atoms with Crippen LogP contribution in [-0.4, -0.2) is 25.8 Å². The smallest absolute Gasteiger partial charge is 0.301 e. The number of hydrogen-bond donors (Lipinski definition) is 2. The minimum Gasteiger partial charge on any atom is -0.349 e. The zero-order valence-corrected chi connectivity index (χ0v) is 16.4. The average molecular weight is 497 g/mol. The van der Waals surface area contributed by atoms with Crippen LogP contribution in [0.15, 0.2) is 30.3 Å². The van der Waals surface area contributed by atoms with E-state index < -0.39 is 33.3 Å². The van der Waals surface area contributed by atoms with E-state index in [1.54, 1.807) is 6.07 Å².